The van der Waals surface area contributed by atoms with Crippen LogP contribution in [0, 0.1) is 5.92 Å². The largest absolute Gasteiger partial charge is 0.481 e. The highest BCUT2D eigenvalue weighted by Crippen LogP contribution is 2.23. The maximum atomic E-state index is 13.5. The highest BCUT2D eigenvalue weighted by molar-refractivity contribution is 6.00. The molecule has 1 unspecified atom stereocenters. The van der Waals surface area contributed by atoms with Crippen molar-refractivity contribution in [2.24, 2.45) is 5.92 Å². The van der Waals surface area contributed by atoms with Crippen molar-refractivity contribution in [1.29, 1.82) is 0 Å². The lowest BCUT2D eigenvalue weighted by atomic mass is 9.91. The summed E-state index contributed by atoms with van der Waals surface area (Å²) in [5, 5.41) is 9.30. The monoisotopic (exact) mass is 402 g/mol. The molecule has 1 saturated heterocycles. The van der Waals surface area contributed by atoms with Crippen molar-refractivity contribution >= 4 is 11.8 Å². The van der Waals surface area contributed by atoms with Crippen LogP contribution in [0.15, 0.2) is 79.1 Å². The normalized spacial score (nSPS) is 16.3. The van der Waals surface area contributed by atoms with Gasteiger partial charge in [0.2, 0.25) is 0 Å². The molecule has 0 aliphatic carbocycles. The minimum Gasteiger partial charge on any atom is -0.481 e. The van der Waals surface area contributed by atoms with Crippen molar-refractivity contribution in [3.05, 3.63) is 90.3 Å². The van der Waals surface area contributed by atoms with Gasteiger partial charge in [0.05, 0.1) is 12.0 Å². The Morgan fingerprint density at radius 3 is 2.13 bits per heavy atom. The molecule has 1 N–H and O–H groups in total. The van der Waals surface area contributed by atoms with Gasteiger partial charge in [-0.15, -0.1) is 0 Å². The molecule has 1 aromatic heterocycles. The van der Waals surface area contributed by atoms with Gasteiger partial charge in [-0.2, -0.15) is 0 Å². The van der Waals surface area contributed by atoms with Crippen molar-refractivity contribution in [3.8, 4) is 5.69 Å². The summed E-state index contributed by atoms with van der Waals surface area (Å²) in [6.07, 6.45) is 5.74. The molecule has 5 nitrogen and oxygen atoms in total. The second-order valence-corrected chi connectivity index (χ2v) is 7.86. The van der Waals surface area contributed by atoms with Gasteiger partial charge in [-0.25, -0.2) is 0 Å². The molecule has 1 fully saturated rings. The molecule has 1 aliphatic heterocycles. The molecule has 1 aliphatic rings. The predicted octanol–water partition coefficient (Wildman–Crippen LogP) is 4.07. The van der Waals surface area contributed by atoms with E-state index in [0.717, 1.165) is 11.3 Å². The predicted molar refractivity (Wildman–Crippen MR) is 116 cm³/mol. The van der Waals surface area contributed by atoms with Crippen LogP contribution in [-0.2, 0) is 11.2 Å². The molecular weight excluding hydrogens is 376 g/mol. The first kappa shape index (κ1) is 20.1. The quantitative estimate of drug-likeness (QED) is 0.605. The Morgan fingerprint density at radius 1 is 0.900 bits per heavy atom. The third-order valence-corrected chi connectivity index (χ3v) is 5.95. The average molecular weight is 402 g/mol. The number of aromatic nitrogens is 1. The van der Waals surface area contributed by atoms with Gasteiger partial charge < -0.3 is 9.67 Å². The number of aliphatic carboxylic acids is 1. The highest BCUT2D eigenvalue weighted by atomic mass is 16.4. The number of hydrogen-bond acceptors (Lipinski definition) is 3. The molecule has 1 atom stereocenters. The summed E-state index contributed by atoms with van der Waals surface area (Å²) >= 11 is 0. The number of piperidine rings is 1. The van der Waals surface area contributed by atoms with E-state index >= 15 is 0 Å². The van der Waals surface area contributed by atoms with Crippen LogP contribution in [0.5, 0.6) is 0 Å². The topological polar surface area (TPSA) is 62.5 Å². The third-order valence-electron chi connectivity index (χ3n) is 5.95. The molecular formula is C25H26N2O3. The SMILES string of the molecule is O=C(O)C1CCN(C(Cc2ccccc2)C(=O)c2ccc(-n3cccc3)cc2)CC1. The van der Waals surface area contributed by atoms with E-state index in [2.05, 4.69) is 4.90 Å². The van der Waals surface area contributed by atoms with Crippen LogP contribution in [0.4, 0.5) is 0 Å². The molecule has 0 bridgehead atoms. The molecule has 3 aromatic rings. The van der Waals surface area contributed by atoms with Crippen molar-refractivity contribution in [1.82, 2.24) is 9.47 Å². The third kappa shape index (κ3) is 4.52. The lowest BCUT2D eigenvalue weighted by molar-refractivity contribution is -0.143. The van der Waals surface area contributed by atoms with Crippen LogP contribution < -0.4 is 0 Å². The molecule has 2 aromatic carbocycles. The van der Waals surface area contributed by atoms with Crippen LogP contribution in [0.25, 0.3) is 5.69 Å². The van der Waals surface area contributed by atoms with E-state index in [0.29, 0.717) is 37.9 Å². The molecule has 2 heterocycles. The highest BCUT2D eigenvalue weighted by Gasteiger charge is 2.32. The summed E-state index contributed by atoms with van der Waals surface area (Å²) in [5.41, 5.74) is 2.81. The summed E-state index contributed by atoms with van der Waals surface area (Å²) in [6.45, 7) is 1.25. The van der Waals surface area contributed by atoms with Crippen LogP contribution in [-0.4, -0.2) is 45.5 Å². The zero-order valence-corrected chi connectivity index (χ0v) is 16.9. The maximum absolute atomic E-state index is 13.5. The summed E-state index contributed by atoms with van der Waals surface area (Å²) in [4.78, 5) is 27.0. The molecule has 4 rings (SSSR count). The van der Waals surface area contributed by atoms with Gasteiger partial charge in [0.1, 0.15) is 0 Å². The Balaban J connectivity index is 1.55. The van der Waals surface area contributed by atoms with Crippen LogP contribution in [0.3, 0.4) is 0 Å². The van der Waals surface area contributed by atoms with Crippen molar-refractivity contribution < 1.29 is 14.7 Å². The fraction of sp³-hybridized carbons (Fsp3) is 0.280. The Bertz CT molecular complexity index is 973. The molecule has 0 radical (unpaired) electrons. The lowest BCUT2D eigenvalue weighted by Crippen LogP contribution is -2.47. The first-order chi connectivity index (χ1) is 14.6. The maximum Gasteiger partial charge on any atom is 0.306 e. The van der Waals surface area contributed by atoms with Crippen molar-refractivity contribution in [2.75, 3.05) is 13.1 Å². The summed E-state index contributed by atoms with van der Waals surface area (Å²) in [6, 6.07) is 21.4. The van der Waals surface area contributed by atoms with E-state index < -0.39 is 5.97 Å². The number of carboxylic acid groups (broad SMARTS) is 1. The Labute approximate surface area is 176 Å². The minimum absolute atomic E-state index is 0.0895. The van der Waals surface area contributed by atoms with Crippen LogP contribution in [0.2, 0.25) is 0 Å². The summed E-state index contributed by atoms with van der Waals surface area (Å²) in [7, 11) is 0. The second kappa shape index (κ2) is 9.09. The number of hydrogen-bond donors (Lipinski definition) is 1. The first-order valence-electron chi connectivity index (χ1n) is 10.4. The smallest absolute Gasteiger partial charge is 0.306 e. The molecule has 0 amide bonds. The summed E-state index contributed by atoms with van der Waals surface area (Å²) < 4.78 is 2.01. The van der Waals surface area contributed by atoms with Gasteiger partial charge in [0, 0.05) is 23.6 Å². The van der Waals surface area contributed by atoms with Gasteiger partial charge in [-0.05, 0) is 74.3 Å². The molecule has 0 spiro atoms. The fourth-order valence-corrected chi connectivity index (χ4v) is 4.18. The van der Waals surface area contributed by atoms with E-state index in [-0.39, 0.29) is 17.7 Å². The number of carbonyl (C=O) groups excluding carboxylic acids is 1. The molecule has 0 saturated carbocycles. The number of nitrogens with zero attached hydrogens (tertiary/aromatic N) is 2. The van der Waals surface area contributed by atoms with E-state index in [1.165, 1.54) is 0 Å². The molecule has 30 heavy (non-hydrogen) atoms. The molecule has 154 valence electrons. The fourth-order valence-electron chi connectivity index (χ4n) is 4.18. The van der Waals surface area contributed by atoms with Crippen molar-refractivity contribution in [3.63, 3.8) is 0 Å². The number of Topliss-reactive ketones (excluding diaryl/α,β-unsaturated/α-hetero) is 1. The van der Waals surface area contributed by atoms with Crippen LogP contribution >= 0.6 is 0 Å². The first-order valence-corrected chi connectivity index (χ1v) is 10.4. The van der Waals surface area contributed by atoms with Gasteiger partial charge >= 0.3 is 5.97 Å². The van der Waals surface area contributed by atoms with Gasteiger partial charge in [0.15, 0.2) is 5.78 Å². The number of ketones is 1. The van der Waals surface area contributed by atoms with Crippen molar-refractivity contribution in [2.45, 2.75) is 25.3 Å². The molecule has 5 heteroatoms. The number of rotatable bonds is 7. The van der Waals surface area contributed by atoms with Gasteiger partial charge in [-0.3, -0.25) is 14.5 Å². The number of likely N-dealkylation sites (tertiary alicyclic amines) is 1. The van der Waals surface area contributed by atoms with Gasteiger partial charge in [0.25, 0.3) is 0 Å². The van der Waals surface area contributed by atoms with E-state index in [4.69, 9.17) is 0 Å². The Kier molecular flexibility index (Phi) is 6.10. The van der Waals surface area contributed by atoms with Crippen LogP contribution in [0.1, 0.15) is 28.8 Å². The Hall–Kier alpha value is -3.18. The number of carbonyl (C=O) groups is 2. The summed E-state index contributed by atoms with van der Waals surface area (Å²) in [5.74, 6) is -0.956. The number of benzene rings is 2. The van der Waals surface area contributed by atoms with E-state index in [1.54, 1.807) is 0 Å². The zero-order valence-electron chi connectivity index (χ0n) is 16.9. The van der Waals surface area contributed by atoms with Gasteiger partial charge in [-0.1, -0.05) is 30.3 Å². The number of carboxylic acids is 1. The Morgan fingerprint density at radius 2 is 1.53 bits per heavy atom. The second-order valence-electron chi connectivity index (χ2n) is 7.86. The lowest BCUT2D eigenvalue weighted by Gasteiger charge is -2.36. The standard InChI is InChI=1S/C25H26N2O3/c28-24(20-8-10-22(11-9-20)26-14-4-5-15-26)23(18-19-6-2-1-3-7-19)27-16-12-21(13-17-27)25(29)30/h1-11,14-15,21,23H,12-13,16-18H2,(H,29,30). The zero-order chi connectivity index (χ0) is 20.9. The average Bonchev–Trinajstić information content (AvgIpc) is 3.33. The van der Waals surface area contributed by atoms with E-state index in [9.17, 15) is 14.7 Å². The van der Waals surface area contributed by atoms with E-state index in [1.807, 2.05) is 83.7 Å². The minimum atomic E-state index is -0.735.